The highest BCUT2D eigenvalue weighted by Crippen LogP contribution is 2.42. The smallest absolute Gasteiger partial charge is 0.0994 e. The topological polar surface area (TPSA) is 61.0 Å². The molecule has 0 spiro atoms. The first kappa shape index (κ1) is 20.2. The number of aromatic nitrogens is 1. The van der Waals surface area contributed by atoms with Gasteiger partial charge in [0, 0.05) is 39.9 Å². The van der Waals surface area contributed by atoms with Crippen molar-refractivity contribution < 1.29 is 5.11 Å². The van der Waals surface area contributed by atoms with Crippen molar-refractivity contribution in [2.75, 3.05) is 5.32 Å². The summed E-state index contributed by atoms with van der Waals surface area (Å²) in [6.45, 7) is 6.54. The summed E-state index contributed by atoms with van der Waals surface area (Å²) in [4.78, 5) is 0. The van der Waals surface area contributed by atoms with Crippen molar-refractivity contribution >= 4 is 16.6 Å². The summed E-state index contributed by atoms with van der Waals surface area (Å²) in [5.74, 6) is 0. The molecule has 2 heterocycles. The van der Waals surface area contributed by atoms with Gasteiger partial charge in [0.1, 0.15) is 0 Å². The maximum absolute atomic E-state index is 10.0. The van der Waals surface area contributed by atoms with E-state index >= 15 is 0 Å². The molecule has 31 heavy (non-hydrogen) atoms. The molecule has 0 atom stereocenters. The van der Waals surface area contributed by atoms with Gasteiger partial charge < -0.3 is 15.0 Å². The van der Waals surface area contributed by atoms with Crippen molar-refractivity contribution in [2.24, 2.45) is 0 Å². The molecule has 2 N–H and O–H groups in total. The first-order chi connectivity index (χ1) is 14.9. The molecule has 2 aliphatic rings. The van der Waals surface area contributed by atoms with Crippen LogP contribution in [0.1, 0.15) is 68.7 Å². The maximum Gasteiger partial charge on any atom is 0.0994 e. The van der Waals surface area contributed by atoms with Crippen molar-refractivity contribution in [3.63, 3.8) is 0 Å². The molecule has 1 fully saturated rings. The van der Waals surface area contributed by atoms with E-state index in [2.05, 4.69) is 66.3 Å². The molecule has 2 aromatic carbocycles. The van der Waals surface area contributed by atoms with Crippen LogP contribution in [0.2, 0.25) is 0 Å². The zero-order chi connectivity index (χ0) is 21.8. The van der Waals surface area contributed by atoms with E-state index in [9.17, 15) is 10.4 Å². The number of benzene rings is 2. The molecule has 5 rings (SSSR count). The number of nitrogens with one attached hydrogen (secondary N) is 1. The molecule has 3 aromatic rings. The van der Waals surface area contributed by atoms with Gasteiger partial charge in [0.15, 0.2) is 0 Å². The molecule has 1 saturated carbocycles. The van der Waals surface area contributed by atoms with Crippen molar-refractivity contribution in [2.45, 2.75) is 77.0 Å². The average Bonchev–Trinajstić information content (AvgIpc) is 3.10. The Labute approximate surface area is 184 Å². The number of hydrogen-bond donors (Lipinski definition) is 2. The molecule has 1 aliphatic heterocycles. The van der Waals surface area contributed by atoms with Crippen LogP contribution in [0.5, 0.6) is 0 Å². The number of anilines is 1. The average molecular weight is 414 g/mol. The molecule has 1 aliphatic carbocycles. The van der Waals surface area contributed by atoms with Crippen molar-refractivity contribution in [1.82, 2.24) is 4.57 Å². The van der Waals surface area contributed by atoms with Crippen molar-refractivity contribution in [3.8, 4) is 17.2 Å². The van der Waals surface area contributed by atoms with Crippen LogP contribution in [0.4, 0.5) is 5.69 Å². The molecule has 4 nitrogen and oxygen atoms in total. The minimum Gasteiger partial charge on any atom is -0.393 e. The predicted octanol–water partition coefficient (Wildman–Crippen LogP) is 6.10. The van der Waals surface area contributed by atoms with Gasteiger partial charge in [0.05, 0.1) is 17.7 Å². The third-order valence-corrected chi connectivity index (χ3v) is 7.30. The van der Waals surface area contributed by atoms with Crippen LogP contribution in [0.3, 0.4) is 0 Å². The number of aliphatic hydroxyl groups is 1. The fourth-order valence-corrected chi connectivity index (χ4v) is 5.46. The molecule has 0 saturated heterocycles. The summed E-state index contributed by atoms with van der Waals surface area (Å²) in [7, 11) is 0. The van der Waals surface area contributed by atoms with Gasteiger partial charge in [-0.1, -0.05) is 12.1 Å². The summed E-state index contributed by atoms with van der Waals surface area (Å²) >= 11 is 0. The quantitative estimate of drug-likeness (QED) is 0.533. The lowest BCUT2D eigenvalue weighted by molar-refractivity contribution is 0.111. The van der Waals surface area contributed by atoms with E-state index in [1.807, 2.05) is 6.92 Å². The number of aryl methyl sites for hydroxylation is 1. The van der Waals surface area contributed by atoms with Gasteiger partial charge in [0.2, 0.25) is 0 Å². The Hall–Kier alpha value is -2.77. The molecule has 0 radical (unpaired) electrons. The number of nitrogens with zero attached hydrogens (tertiary/aromatic N) is 2. The van der Waals surface area contributed by atoms with Crippen LogP contribution in [0.15, 0.2) is 36.5 Å². The minimum absolute atomic E-state index is 0.105. The van der Waals surface area contributed by atoms with Crippen LogP contribution in [-0.4, -0.2) is 21.3 Å². The predicted molar refractivity (Wildman–Crippen MR) is 126 cm³/mol. The second-order valence-electron chi connectivity index (χ2n) is 10.0. The van der Waals surface area contributed by atoms with E-state index < -0.39 is 0 Å². The summed E-state index contributed by atoms with van der Waals surface area (Å²) < 4.78 is 2.42. The third-order valence-electron chi connectivity index (χ3n) is 7.30. The fraction of sp³-hybridized carbons (Fsp3) is 0.444. The largest absolute Gasteiger partial charge is 0.393 e. The first-order valence-corrected chi connectivity index (χ1v) is 11.5. The van der Waals surface area contributed by atoms with E-state index in [1.54, 1.807) is 0 Å². The lowest BCUT2D eigenvalue weighted by atomic mass is 9.85. The zero-order valence-corrected chi connectivity index (χ0v) is 18.7. The fourth-order valence-electron chi connectivity index (χ4n) is 5.46. The van der Waals surface area contributed by atoms with Crippen LogP contribution in [-0.2, 0) is 6.42 Å². The molecule has 160 valence electrons. The third kappa shape index (κ3) is 3.51. The number of aliphatic hydroxyl groups excluding tert-OH is 1. The van der Waals surface area contributed by atoms with Crippen molar-refractivity contribution in [1.29, 1.82) is 5.26 Å². The van der Waals surface area contributed by atoms with Gasteiger partial charge in [-0.3, -0.25) is 0 Å². The minimum atomic E-state index is -0.167. The Balaban J connectivity index is 1.70. The Bertz CT molecular complexity index is 1190. The second-order valence-corrected chi connectivity index (χ2v) is 10.0. The zero-order valence-electron chi connectivity index (χ0n) is 18.7. The lowest BCUT2D eigenvalue weighted by Gasteiger charge is -2.34. The number of rotatable bonds is 2. The van der Waals surface area contributed by atoms with Gasteiger partial charge in [-0.2, -0.15) is 5.26 Å². The summed E-state index contributed by atoms with van der Waals surface area (Å²) in [5.41, 5.74) is 8.17. The standard InChI is InChI=1S/C27H31N3O/c1-17-13-26-23(14-18(17)15-28)24(16-30(26)19-7-9-20(31)10-8-19)21-5-4-6-25-22(21)11-12-27(2,3)29-25/h4-6,13-14,16,19-20,29,31H,7-12H2,1-3H3. The number of hydrogen-bond acceptors (Lipinski definition) is 3. The monoisotopic (exact) mass is 413 g/mol. The van der Waals surface area contributed by atoms with Gasteiger partial charge in [-0.05, 0) is 94.2 Å². The van der Waals surface area contributed by atoms with Crippen LogP contribution >= 0.6 is 0 Å². The number of nitriles is 1. The second kappa shape index (κ2) is 7.43. The van der Waals surface area contributed by atoms with Gasteiger partial charge in [-0.25, -0.2) is 0 Å². The molecule has 4 heteroatoms. The molecular formula is C27H31N3O. The number of fused-ring (bicyclic) bond motifs is 2. The SMILES string of the molecule is Cc1cc2c(cc1C#N)c(-c1cccc3c1CCC(C)(C)N3)cn2C1CCC(O)CC1. The Kier molecular flexibility index (Phi) is 4.83. The first-order valence-electron chi connectivity index (χ1n) is 11.5. The molecular weight excluding hydrogens is 382 g/mol. The van der Waals surface area contributed by atoms with Crippen molar-refractivity contribution in [3.05, 3.63) is 53.2 Å². The van der Waals surface area contributed by atoms with E-state index in [4.69, 9.17) is 0 Å². The van der Waals surface area contributed by atoms with Crippen LogP contribution in [0.25, 0.3) is 22.0 Å². The lowest BCUT2D eigenvalue weighted by Crippen LogP contribution is -2.35. The Morgan fingerprint density at radius 3 is 2.65 bits per heavy atom. The molecule has 0 unspecified atom stereocenters. The molecule has 0 amide bonds. The summed E-state index contributed by atoms with van der Waals surface area (Å²) in [6.07, 6.45) is 7.98. The highest BCUT2D eigenvalue weighted by Gasteiger charge is 2.28. The Morgan fingerprint density at radius 2 is 1.90 bits per heavy atom. The van der Waals surface area contributed by atoms with E-state index in [-0.39, 0.29) is 11.6 Å². The molecule has 0 bridgehead atoms. The summed E-state index contributed by atoms with van der Waals surface area (Å²) in [6, 6.07) is 13.6. The van der Waals surface area contributed by atoms with E-state index in [1.165, 1.54) is 27.9 Å². The molecule has 1 aromatic heterocycles. The van der Waals surface area contributed by atoms with E-state index in [0.717, 1.165) is 55.0 Å². The summed E-state index contributed by atoms with van der Waals surface area (Å²) in [5, 5.41) is 24.6. The highest BCUT2D eigenvalue weighted by molar-refractivity contribution is 5.99. The maximum atomic E-state index is 10.0. The normalized spacial score (nSPS) is 22.5. The Morgan fingerprint density at radius 1 is 1.13 bits per heavy atom. The van der Waals surface area contributed by atoms with Gasteiger partial charge >= 0.3 is 0 Å². The highest BCUT2D eigenvalue weighted by atomic mass is 16.3. The van der Waals surface area contributed by atoms with Gasteiger partial charge in [0.25, 0.3) is 0 Å². The van der Waals surface area contributed by atoms with Gasteiger partial charge in [-0.15, -0.1) is 0 Å². The van der Waals surface area contributed by atoms with Crippen LogP contribution < -0.4 is 5.32 Å². The van der Waals surface area contributed by atoms with E-state index in [0.29, 0.717) is 6.04 Å². The van der Waals surface area contributed by atoms with Crippen LogP contribution in [0, 0.1) is 18.3 Å².